The Balaban J connectivity index is 1.61. The van der Waals surface area contributed by atoms with Crippen LogP contribution < -0.4 is 0 Å². The number of rotatable bonds is 4. The van der Waals surface area contributed by atoms with Crippen molar-refractivity contribution >= 4 is 29.0 Å². The molecule has 2 heterocycles. The lowest BCUT2D eigenvalue weighted by atomic mass is 10.2. The van der Waals surface area contributed by atoms with Crippen LogP contribution in [0.2, 0.25) is 0 Å². The second kappa shape index (κ2) is 7.91. The molecule has 1 aliphatic heterocycles. The molecular weight excluding hydrogens is 406 g/mol. The Hall–Kier alpha value is -3.19. The Morgan fingerprint density at radius 3 is 2.17 bits per heavy atom. The van der Waals surface area contributed by atoms with E-state index in [-0.39, 0.29) is 29.3 Å². The second-order valence-corrected chi connectivity index (χ2v) is 8.03. The SMILES string of the molecule is Cc1cc(/C=C2\SC(=O)N(Cc3ccc(F)cc3)C2=O)c(C)n1-c1ccc(F)cc1. The molecule has 4 nitrogen and oxygen atoms in total. The number of carbonyl (C=O) groups excluding carboxylic acids is 2. The lowest BCUT2D eigenvalue weighted by Crippen LogP contribution is -2.27. The average Bonchev–Trinajstić information content (AvgIpc) is 3.14. The van der Waals surface area contributed by atoms with Gasteiger partial charge in [-0.2, -0.15) is 0 Å². The molecular formula is C23H18F2N2O2S. The van der Waals surface area contributed by atoms with Gasteiger partial charge in [-0.25, -0.2) is 8.78 Å². The molecule has 2 aromatic carbocycles. The Bertz CT molecular complexity index is 1170. The maximum absolute atomic E-state index is 13.3. The summed E-state index contributed by atoms with van der Waals surface area (Å²) >= 11 is 0.886. The number of hydrogen-bond donors (Lipinski definition) is 0. The Morgan fingerprint density at radius 2 is 1.53 bits per heavy atom. The number of benzene rings is 2. The van der Waals surface area contributed by atoms with Gasteiger partial charge in [-0.3, -0.25) is 14.5 Å². The van der Waals surface area contributed by atoms with Crippen molar-refractivity contribution in [3.05, 3.63) is 93.7 Å². The zero-order valence-electron chi connectivity index (χ0n) is 16.4. The maximum atomic E-state index is 13.3. The number of aryl methyl sites for hydroxylation is 1. The molecule has 2 amide bonds. The van der Waals surface area contributed by atoms with Crippen molar-refractivity contribution < 1.29 is 18.4 Å². The molecule has 152 valence electrons. The molecule has 0 bridgehead atoms. The van der Waals surface area contributed by atoms with E-state index in [1.165, 1.54) is 24.3 Å². The second-order valence-electron chi connectivity index (χ2n) is 7.03. The third-order valence-corrected chi connectivity index (χ3v) is 5.88. The van der Waals surface area contributed by atoms with Crippen LogP contribution in [0.4, 0.5) is 13.6 Å². The fraction of sp³-hybridized carbons (Fsp3) is 0.130. The number of halogens is 2. The molecule has 3 aromatic rings. The number of carbonyl (C=O) groups is 2. The third kappa shape index (κ3) is 3.80. The van der Waals surface area contributed by atoms with Crippen molar-refractivity contribution in [3.8, 4) is 5.69 Å². The van der Waals surface area contributed by atoms with E-state index in [0.717, 1.165) is 39.3 Å². The molecule has 1 fully saturated rings. The van der Waals surface area contributed by atoms with E-state index in [0.29, 0.717) is 10.5 Å². The van der Waals surface area contributed by atoms with Crippen molar-refractivity contribution in [2.75, 3.05) is 0 Å². The zero-order chi connectivity index (χ0) is 21.4. The molecule has 0 saturated carbocycles. The van der Waals surface area contributed by atoms with Crippen LogP contribution in [0.25, 0.3) is 11.8 Å². The molecule has 0 aliphatic carbocycles. The van der Waals surface area contributed by atoms with E-state index < -0.39 is 0 Å². The molecule has 0 spiro atoms. The van der Waals surface area contributed by atoms with Crippen LogP contribution in [0.3, 0.4) is 0 Å². The molecule has 0 radical (unpaired) electrons. The number of hydrogen-bond acceptors (Lipinski definition) is 3. The highest BCUT2D eigenvalue weighted by atomic mass is 32.2. The first-order valence-electron chi connectivity index (χ1n) is 9.28. The van der Waals surface area contributed by atoms with Gasteiger partial charge < -0.3 is 4.57 Å². The van der Waals surface area contributed by atoms with Crippen molar-refractivity contribution in [3.63, 3.8) is 0 Å². The van der Waals surface area contributed by atoms with Crippen LogP contribution in [0.1, 0.15) is 22.5 Å². The van der Waals surface area contributed by atoms with Crippen LogP contribution in [0.15, 0.2) is 59.5 Å². The van der Waals surface area contributed by atoms with Crippen LogP contribution in [-0.4, -0.2) is 20.6 Å². The van der Waals surface area contributed by atoms with E-state index in [4.69, 9.17) is 0 Å². The molecule has 1 aromatic heterocycles. The first-order chi connectivity index (χ1) is 14.3. The number of imide groups is 1. The molecule has 7 heteroatoms. The third-order valence-electron chi connectivity index (χ3n) is 4.97. The topological polar surface area (TPSA) is 42.3 Å². The predicted molar refractivity (Wildman–Crippen MR) is 113 cm³/mol. The normalized spacial score (nSPS) is 15.5. The van der Waals surface area contributed by atoms with Gasteiger partial charge in [0.25, 0.3) is 11.1 Å². The van der Waals surface area contributed by atoms with E-state index in [9.17, 15) is 18.4 Å². The minimum absolute atomic E-state index is 0.0941. The molecule has 1 saturated heterocycles. The monoisotopic (exact) mass is 424 g/mol. The van der Waals surface area contributed by atoms with E-state index in [2.05, 4.69) is 0 Å². The smallest absolute Gasteiger partial charge is 0.293 e. The van der Waals surface area contributed by atoms with Gasteiger partial charge >= 0.3 is 0 Å². The lowest BCUT2D eigenvalue weighted by molar-refractivity contribution is -0.123. The number of thioether (sulfide) groups is 1. The highest BCUT2D eigenvalue weighted by Gasteiger charge is 2.35. The van der Waals surface area contributed by atoms with Gasteiger partial charge in [0.15, 0.2) is 0 Å². The van der Waals surface area contributed by atoms with Crippen molar-refractivity contribution in [2.24, 2.45) is 0 Å². The van der Waals surface area contributed by atoms with Crippen molar-refractivity contribution in [1.29, 1.82) is 0 Å². The van der Waals surface area contributed by atoms with Crippen LogP contribution >= 0.6 is 11.8 Å². The summed E-state index contributed by atoms with van der Waals surface area (Å²) in [5.74, 6) is -1.05. The lowest BCUT2D eigenvalue weighted by Gasteiger charge is -2.12. The highest BCUT2D eigenvalue weighted by molar-refractivity contribution is 8.18. The van der Waals surface area contributed by atoms with Crippen molar-refractivity contribution in [2.45, 2.75) is 20.4 Å². The zero-order valence-corrected chi connectivity index (χ0v) is 17.2. The molecule has 4 rings (SSSR count). The molecule has 0 N–H and O–H groups in total. The van der Waals surface area contributed by atoms with Crippen LogP contribution in [0.5, 0.6) is 0 Å². The van der Waals surface area contributed by atoms with Gasteiger partial charge in [0.1, 0.15) is 11.6 Å². The van der Waals surface area contributed by atoms with E-state index in [1.54, 1.807) is 30.3 Å². The van der Waals surface area contributed by atoms with Gasteiger partial charge in [-0.1, -0.05) is 12.1 Å². The highest BCUT2D eigenvalue weighted by Crippen LogP contribution is 2.34. The summed E-state index contributed by atoms with van der Waals surface area (Å²) in [5.41, 5.74) is 4.11. The maximum Gasteiger partial charge on any atom is 0.293 e. The summed E-state index contributed by atoms with van der Waals surface area (Å²) in [6.07, 6.45) is 1.71. The fourth-order valence-corrected chi connectivity index (χ4v) is 4.30. The summed E-state index contributed by atoms with van der Waals surface area (Å²) in [7, 11) is 0. The Kier molecular flexibility index (Phi) is 5.30. The summed E-state index contributed by atoms with van der Waals surface area (Å²) < 4.78 is 28.3. The summed E-state index contributed by atoms with van der Waals surface area (Å²) in [6.45, 7) is 3.93. The molecule has 1 aliphatic rings. The minimum Gasteiger partial charge on any atom is -0.318 e. The van der Waals surface area contributed by atoms with Gasteiger partial charge in [0.05, 0.1) is 11.4 Å². The summed E-state index contributed by atoms with van der Waals surface area (Å²) in [4.78, 5) is 26.7. The summed E-state index contributed by atoms with van der Waals surface area (Å²) in [5, 5.41) is -0.358. The van der Waals surface area contributed by atoms with Crippen LogP contribution in [0, 0.1) is 25.5 Å². The Morgan fingerprint density at radius 1 is 0.933 bits per heavy atom. The predicted octanol–water partition coefficient (Wildman–Crippen LogP) is 5.61. The van der Waals surface area contributed by atoms with Gasteiger partial charge in [-0.05, 0) is 85.3 Å². The summed E-state index contributed by atoms with van der Waals surface area (Å²) in [6, 6.07) is 13.8. The number of aromatic nitrogens is 1. The van der Waals surface area contributed by atoms with Gasteiger partial charge in [0.2, 0.25) is 0 Å². The number of nitrogens with zero attached hydrogens (tertiary/aromatic N) is 2. The van der Waals surface area contributed by atoms with E-state index >= 15 is 0 Å². The van der Waals surface area contributed by atoms with Gasteiger partial charge in [0, 0.05) is 17.1 Å². The molecule has 0 atom stereocenters. The first kappa shape index (κ1) is 20.1. The van der Waals surface area contributed by atoms with E-state index in [1.807, 2.05) is 24.5 Å². The average molecular weight is 424 g/mol. The molecule has 30 heavy (non-hydrogen) atoms. The quantitative estimate of drug-likeness (QED) is 0.512. The minimum atomic E-state index is -0.374. The fourth-order valence-electron chi connectivity index (χ4n) is 3.47. The first-order valence-corrected chi connectivity index (χ1v) is 10.1. The number of amides is 2. The molecule has 0 unspecified atom stereocenters. The Labute approximate surface area is 176 Å². The van der Waals surface area contributed by atoms with Crippen molar-refractivity contribution in [1.82, 2.24) is 9.47 Å². The largest absolute Gasteiger partial charge is 0.318 e. The van der Waals surface area contributed by atoms with Crippen LogP contribution in [-0.2, 0) is 11.3 Å². The van der Waals surface area contributed by atoms with Gasteiger partial charge in [-0.15, -0.1) is 0 Å². The standard InChI is InChI=1S/C23H18F2N2O2S/c1-14-11-17(15(2)27(14)20-9-7-19(25)8-10-20)12-21-22(28)26(23(29)30-21)13-16-3-5-18(24)6-4-16/h3-12H,13H2,1-2H3/b21-12-.